The van der Waals surface area contributed by atoms with Crippen molar-refractivity contribution in [3.8, 4) is 0 Å². The number of hydrogen-bond donors (Lipinski definition) is 0. The van der Waals surface area contributed by atoms with Gasteiger partial charge in [-0.3, -0.25) is 9.69 Å². The molecule has 2 aromatic carbocycles. The first kappa shape index (κ1) is 20.1. The molecule has 3 rings (SSSR count). The maximum absolute atomic E-state index is 12.1. The van der Waals surface area contributed by atoms with E-state index in [2.05, 4.69) is 36.2 Å². The van der Waals surface area contributed by atoms with E-state index in [1.807, 2.05) is 64.1 Å². The van der Waals surface area contributed by atoms with Crippen LogP contribution in [0.1, 0.15) is 63.7 Å². The molecule has 0 amide bonds. The standard InChI is InChI=1S/C18H19NO.2C2H6/c1-19-17(14-8-4-2-5-9-14)12-16(20)13-18(19)15-10-6-3-7-11-15;2*1-2/h2-11,17-18H,12-13H2,1H3;2*1-2H3. The number of nitrogens with zero attached hydrogens (tertiary/aromatic N) is 1. The molecule has 0 aromatic heterocycles. The zero-order chi connectivity index (χ0) is 17.9. The maximum Gasteiger partial charge on any atom is 0.136 e. The third kappa shape index (κ3) is 5.04. The number of benzene rings is 2. The Morgan fingerprint density at radius 3 is 1.38 bits per heavy atom. The average Bonchev–Trinajstić information content (AvgIpc) is 2.68. The Labute approximate surface area is 147 Å². The molecule has 1 aliphatic rings. The quantitative estimate of drug-likeness (QED) is 0.694. The minimum Gasteiger partial charge on any atom is -0.300 e. The number of carbonyl (C=O) groups is 1. The van der Waals surface area contributed by atoms with Gasteiger partial charge in [-0.2, -0.15) is 0 Å². The number of rotatable bonds is 2. The number of hydrogen-bond acceptors (Lipinski definition) is 2. The Bertz CT molecular complexity index is 528. The lowest BCUT2D eigenvalue weighted by atomic mass is 9.87. The van der Waals surface area contributed by atoms with Crippen LogP contribution in [0.2, 0.25) is 0 Å². The molecule has 1 saturated heterocycles. The first-order valence-corrected chi connectivity index (χ1v) is 9.09. The molecule has 0 spiro atoms. The number of carbonyl (C=O) groups excluding carboxylic acids is 1. The van der Waals surface area contributed by atoms with Crippen molar-refractivity contribution in [3.05, 3.63) is 71.8 Å². The second-order valence-electron chi connectivity index (χ2n) is 5.47. The molecule has 2 unspecified atom stereocenters. The summed E-state index contributed by atoms with van der Waals surface area (Å²) in [7, 11) is 2.13. The fourth-order valence-corrected chi connectivity index (χ4v) is 3.08. The van der Waals surface area contributed by atoms with E-state index in [0.717, 1.165) is 0 Å². The van der Waals surface area contributed by atoms with Gasteiger partial charge < -0.3 is 0 Å². The zero-order valence-electron chi connectivity index (χ0n) is 15.7. The highest BCUT2D eigenvalue weighted by atomic mass is 16.1. The molecule has 0 saturated carbocycles. The third-order valence-electron chi connectivity index (χ3n) is 4.19. The fraction of sp³-hybridized carbons (Fsp3) is 0.409. The monoisotopic (exact) mass is 325 g/mol. The van der Waals surface area contributed by atoms with Crippen LogP contribution in [0.25, 0.3) is 0 Å². The van der Waals surface area contributed by atoms with Crippen LogP contribution < -0.4 is 0 Å². The van der Waals surface area contributed by atoms with Gasteiger partial charge >= 0.3 is 0 Å². The molecule has 0 bridgehead atoms. The largest absolute Gasteiger partial charge is 0.300 e. The highest BCUT2D eigenvalue weighted by Crippen LogP contribution is 2.38. The Hall–Kier alpha value is -1.93. The highest BCUT2D eigenvalue weighted by Gasteiger charge is 2.33. The summed E-state index contributed by atoms with van der Waals surface area (Å²) in [6.07, 6.45) is 1.23. The molecule has 1 heterocycles. The Morgan fingerprint density at radius 2 is 1.04 bits per heavy atom. The normalized spacial score (nSPS) is 20.3. The first-order valence-electron chi connectivity index (χ1n) is 9.09. The van der Waals surface area contributed by atoms with E-state index >= 15 is 0 Å². The predicted molar refractivity (Wildman–Crippen MR) is 103 cm³/mol. The summed E-state index contributed by atoms with van der Waals surface area (Å²) in [5.41, 5.74) is 2.45. The predicted octanol–water partition coefficient (Wildman–Crippen LogP) is 5.82. The highest BCUT2D eigenvalue weighted by molar-refractivity contribution is 5.81. The van der Waals surface area contributed by atoms with Crippen LogP contribution in [-0.4, -0.2) is 17.7 Å². The van der Waals surface area contributed by atoms with Crippen LogP contribution >= 0.6 is 0 Å². The lowest BCUT2D eigenvalue weighted by Crippen LogP contribution is -2.37. The van der Waals surface area contributed by atoms with Crippen molar-refractivity contribution in [1.29, 1.82) is 0 Å². The molecule has 2 nitrogen and oxygen atoms in total. The fourth-order valence-electron chi connectivity index (χ4n) is 3.08. The maximum atomic E-state index is 12.1. The van der Waals surface area contributed by atoms with Crippen molar-refractivity contribution in [2.24, 2.45) is 0 Å². The van der Waals surface area contributed by atoms with E-state index in [0.29, 0.717) is 18.6 Å². The smallest absolute Gasteiger partial charge is 0.136 e. The van der Waals surface area contributed by atoms with Crippen LogP contribution in [0, 0.1) is 0 Å². The molecule has 2 heteroatoms. The van der Waals surface area contributed by atoms with Crippen LogP contribution in [0.3, 0.4) is 0 Å². The number of Topliss-reactive ketones (excluding diaryl/α,β-unsaturated/α-hetero) is 1. The van der Waals surface area contributed by atoms with Crippen LogP contribution in [-0.2, 0) is 4.79 Å². The van der Waals surface area contributed by atoms with Gasteiger partial charge in [-0.05, 0) is 18.2 Å². The zero-order valence-corrected chi connectivity index (χ0v) is 15.7. The Balaban J connectivity index is 0.000000671. The molecule has 0 aliphatic carbocycles. The summed E-state index contributed by atoms with van der Waals surface area (Å²) in [4.78, 5) is 14.5. The first-order chi connectivity index (χ1) is 11.8. The third-order valence-corrected chi connectivity index (χ3v) is 4.19. The van der Waals surface area contributed by atoms with Gasteiger partial charge in [0, 0.05) is 24.9 Å². The van der Waals surface area contributed by atoms with Crippen molar-refractivity contribution in [1.82, 2.24) is 4.90 Å². The van der Waals surface area contributed by atoms with Gasteiger partial charge in [0.2, 0.25) is 0 Å². The van der Waals surface area contributed by atoms with Gasteiger partial charge in [-0.15, -0.1) is 0 Å². The number of likely N-dealkylation sites (tertiary alicyclic amines) is 1. The van der Waals surface area contributed by atoms with E-state index in [4.69, 9.17) is 0 Å². The summed E-state index contributed by atoms with van der Waals surface area (Å²) < 4.78 is 0. The van der Waals surface area contributed by atoms with Gasteiger partial charge in [-0.25, -0.2) is 0 Å². The topological polar surface area (TPSA) is 20.3 Å². The van der Waals surface area contributed by atoms with Crippen molar-refractivity contribution < 1.29 is 4.79 Å². The molecule has 2 atom stereocenters. The molecule has 0 radical (unpaired) electrons. The molecule has 130 valence electrons. The second kappa shape index (κ2) is 10.8. The van der Waals surface area contributed by atoms with E-state index in [1.165, 1.54) is 11.1 Å². The molecular weight excluding hydrogens is 294 g/mol. The summed E-state index contributed by atoms with van der Waals surface area (Å²) >= 11 is 0. The van der Waals surface area contributed by atoms with Gasteiger partial charge in [0.1, 0.15) is 5.78 Å². The van der Waals surface area contributed by atoms with Crippen molar-refractivity contribution >= 4 is 5.78 Å². The number of ketones is 1. The molecular formula is C22H31NO. The Morgan fingerprint density at radius 1 is 0.708 bits per heavy atom. The SMILES string of the molecule is CC.CC.CN1C(c2ccccc2)CC(=O)CC1c1ccccc1. The van der Waals surface area contributed by atoms with Crippen molar-refractivity contribution in [2.75, 3.05) is 7.05 Å². The summed E-state index contributed by atoms with van der Waals surface area (Å²) in [5.74, 6) is 0.353. The minimum atomic E-state index is 0.183. The number of piperidine rings is 1. The van der Waals surface area contributed by atoms with Crippen molar-refractivity contribution in [3.63, 3.8) is 0 Å². The van der Waals surface area contributed by atoms with Crippen LogP contribution in [0.4, 0.5) is 0 Å². The van der Waals surface area contributed by atoms with E-state index in [9.17, 15) is 4.79 Å². The molecule has 1 aliphatic heterocycles. The summed E-state index contributed by atoms with van der Waals surface area (Å²) in [6.45, 7) is 8.00. The van der Waals surface area contributed by atoms with E-state index in [-0.39, 0.29) is 12.1 Å². The average molecular weight is 325 g/mol. The van der Waals surface area contributed by atoms with Gasteiger partial charge in [0.05, 0.1) is 0 Å². The van der Waals surface area contributed by atoms with Crippen molar-refractivity contribution in [2.45, 2.75) is 52.6 Å². The Kier molecular flexibility index (Phi) is 9.03. The van der Waals surface area contributed by atoms with Crippen LogP contribution in [0.5, 0.6) is 0 Å². The molecule has 0 N–H and O–H groups in total. The van der Waals surface area contributed by atoms with Gasteiger partial charge in [0.25, 0.3) is 0 Å². The second-order valence-corrected chi connectivity index (χ2v) is 5.47. The van der Waals surface area contributed by atoms with Crippen LogP contribution in [0.15, 0.2) is 60.7 Å². The van der Waals surface area contributed by atoms with E-state index in [1.54, 1.807) is 0 Å². The summed E-state index contributed by atoms with van der Waals surface area (Å²) in [6, 6.07) is 21.0. The molecule has 24 heavy (non-hydrogen) atoms. The lowest BCUT2D eigenvalue weighted by molar-refractivity contribution is -0.125. The lowest BCUT2D eigenvalue weighted by Gasteiger charge is -2.39. The van der Waals surface area contributed by atoms with E-state index < -0.39 is 0 Å². The molecule has 2 aromatic rings. The molecule has 1 fully saturated rings. The minimum absolute atomic E-state index is 0.183. The van der Waals surface area contributed by atoms with Gasteiger partial charge in [-0.1, -0.05) is 88.4 Å². The van der Waals surface area contributed by atoms with Gasteiger partial charge in [0.15, 0.2) is 0 Å². The summed E-state index contributed by atoms with van der Waals surface area (Å²) in [5, 5.41) is 0.